The lowest BCUT2D eigenvalue weighted by molar-refractivity contribution is 0.938. The second-order valence-corrected chi connectivity index (χ2v) is 8.74. The molecule has 7 nitrogen and oxygen atoms in total. The molecule has 0 unspecified atom stereocenters. The summed E-state index contributed by atoms with van der Waals surface area (Å²) in [7, 11) is 2.01. The van der Waals surface area contributed by atoms with Crippen LogP contribution in [0.2, 0.25) is 5.02 Å². The average Bonchev–Trinajstić information content (AvgIpc) is 3.56. The molecule has 1 saturated heterocycles. The van der Waals surface area contributed by atoms with Crippen molar-refractivity contribution in [2.75, 3.05) is 29.9 Å². The third kappa shape index (κ3) is 3.54. The van der Waals surface area contributed by atoms with Crippen LogP contribution in [0.4, 0.5) is 17.3 Å². The van der Waals surface area contributed by atoms with Gasteiger partial charge in [-0.05, 0) is 60.9 Å². The molecule has 164 valence electrons. The first-order chi connectivity index (χ1) is 16.2. The molecular formula is C25H22ClN7. The lowest BCUT2D eigenvalue weighted by Gasteiger charge is -2.21. The number of hydrogen-bond donors (Lipinski definition) is 0. The van der Waals surface area contributed by atoms with Gasteiger partial charge in [-0.15, -0.1) is 10.2 Å². The minimum absolute atomic E-state index is 0.532. The van der Waals surface area contributed by atoms with Gasteiger partial charge in [0.25, 0.3) is 5.78 Å². The molecule has 0 spiro atoms. The number of benzene rings is 2. The number of nitrogens with zero attached hydrogens (tertiary/aromatic N) is 7. The zero-order chi connectivity index (χ0) is 22.4. The number of pyridine rings is 1. The maximum absolute atomic E-state index is 6.28. The number of hydrogen-bond acceptors (Lipinski definition) is 6. The van der Waals surface area contributed by atoms with Crippen LogP contribution >= 0.6 is 11.6 Å². The molecule has 1 aliphatic heterocycles. The number of rotatable bonds is 4. The van der Waals surface area contributed by atoms with E-state index in [1.807, 2.05) is 35.8 Å². The Kier molecular flexibility index (Phi) is 4.84. The van der Waals surface area contributed by atoms with Crippen molar-refractivity contribution < 1.29 is 0 Å². The monoisotopic (exact) mass is 455 g/mol. The van der Waals surface area contributed by atoms with Crippen molar-refractivity contribution in [2.45, 2.75) is 12.8 Å². The Morgan fingerprint density at radius 3 is 2.67 bits per heavy atom. The molecular weight excluding hydrogens is 434 g/mol. The molecule has 3 aromatic heterocycles. The van der Waals surface area contributed by atoms with Gasteiger partial charge >= 0.3 is 0 Å². The first-order valence-corrected chi connectivity index (χ1v) is 11.4. The summed E-state index contributed by atoms with van der Waals surface area (Å²) in [5.41, 5.74) is 4.13. The predicted molar refractivity (Wildman–Crippen MR) is 132 cm³/mol. The van der Waals surface area contributed by atoms with E-state index in [9.17, 15) is 0 Å². The highest BCUT2D eigenvalue weighted by Crippen LogP contribution is 2.33. The van der Waals surface area contributed by atoms with E-state index in [-0.39, 0.29) is 0 Å². The van der Waals surface area contributed by atoms with Gasteiger partial charge in [0.1, 0.15) is 18.0 Å². The predicted octanol–water partition coefficient (Wildman–Crippen LogP) is 5.36. The molecule has 1 aliphatic rings. The second kappa shape index (κ2) is 8.01. The summed E-state index contributed by atoms with van der Waals surface area (Å²) < 4.78 is 1.85. The molecule has 33 heavy (non-hydrogen) atoms. The fourth-order valence-electron chi connectivity index (χ4n) is 4.49. The Hall–Kier alpha value is -3.71. The number of halogens is 1. The van der Waals surface area contributed by atoms with Gasteiger partial charge in [-0.25, -0.2) is 4.98 Å². The molecule has 0 amide bonds. The normalized spacial score (nSPS) is 13.8. The first kappa shape index (κ1) is 19.9. The van der Waals surface area contributed by atoms with E-state index in [4.69, 9.17) is 21.6 Å². The number of fused-ring (bicyclic) bond motifs is 3. The van der Waals surface area contributed by atoms with Gasteiger partial charge in [-0.1, -0.05) is 23.7 Å². The fourth-order valence-corrected chi connectivity index (χ4v) is 4.65. The van der Waals surface area contributed by atoms with Gasteiger partial charge in [-0.3, -0.25) is 4.40 Å². The van der Waals surface area contributed by atoms with E-state index in [2.05, 4.69) is 56.4 Å². The largest absolute Gasteiger partial charge is 0.357 e. The van der Waals surface area contributed by atoms with Gasteiger partial charge < -0.3 is 9.80 Å². The topological polar surface area (TPSA) is 62.5 Å². The second-order valence-electron chi connectivity index (χ2n) is 8.31. The van der Waals surface area contributed by atoms with Crippen molar-refractivity contribution in [3.8, 4) is 11.1 Å². The molecule has 1 fully saturated rings. The summed E-state index contributed by atoms with van der Waals surface area (Å²) in [6.45, 7) is 2.18. The van der Waals surface area contributed by atoms with Crippen LogP contribution in [0.25, 0.3) is 27.8 Å². The lowest BCUT2D eigenvalue weighted by Crippen LogP contribution is -2.18. The number of aromatic nitrogens is 5. The molecule has 0 atom stereocenters. The van der Waals surface area contributed by atoms with E-state index in [1.165, 1.54) is 12.8 Å². The van der Waals surface area contributed by atoms with Crippen LogP contribution in [0.5, 0.6) is 0 Å². The van der Waals surface area contributed by atoms with E-state index >= 15 is 0 Å². The zero-order valence-electron chi connectivity index (χ0n) is 18.2. The van der Waals surface area contributed by atoms with Crippen LogP contribution < -0.4 is 9.80 Å². The maximum atomic E-state index is 6.28. The number of anilines is 3. The lowest BCUT2D eigenvalue weighted by atomic mass is 10.1. The Morgan fingerprint density at radius 2 is 1.85 bits per heavy atom. The van der Waals surface area contributed by atoms with Crippen LogP contribution in [0.1, 0.15) is 12.8 Å². The fraction of sp³-hybridized carbons (Fsp3) is 0.200. The molecule has 0 saturated carbocycles. The molecule has 0 aliphatic carbocycles. The summed E-state index contributed by atoms with van der Waals surface area (Å²) in [5, 5.41) is 9.81. The van der Waals surface area contributed by atoms with Crippen LogP contribution in [-0.2, 0) is 0 Å². The van der Waals surface area contributed by atoms with Crippen molar-refractivity contribution in [2.24, 2.45) is 0 Å². The first-order valence-electron chi connectivity index (χ1n) is 11.0. The van der Waals surface area contributed by atoms with Crippen LogP contribution in [0.3, 0.4) is 0 Å². The summed E-state index contributed by atoms with van der Waals surface area (Å²) in [5.74, 6) is 2.38. The molecule has 2 aromatic carbocycles. The van der Waals surface area contributed by atoms with Crippen molar-refractivity contribution in [1.82, 2.24) is 24.6 Å². The standard InChI is InChI=1S/C25H22ClN7/c1-31(24-21-9-8-19(26)14-22(21)33-16-28-30-25(33)29-24)20-6-4-5-17(13-20)18-7-10-23(27-15-18)32-11-2-3-12-32/h4-10,13-16H,2-3,11-12H2,1H3. The molecule has 6 rings (SSSR count). The smallest absolute Gasteiger partial charge is 0.257 e. The Morgan fingerprint density at radius 1 is 0.970 bits per heavy atom. The highest BCUT2D eigenvalue weighted by atomic mass is 35.5. The van der Waals surface area contributed by atoms with Crippen molar-refractivity contribution in [3.63, 3.8) is 0 Å². The van der Waals surface area contributed by atoms with E-state index in [1.54, 1.807) is 6.33 Å². The van der Waals surface area contributed by atoms with Crippen molar-refractivity contribution in [1.29, 1.82) is 0 Å². The van der Waals surface area contributed by atoms with E-state index in [0.29, 0.717) is 10.8 Å². The third-order valence-corrected chi connectivity index (χ3v) is 6.49. The molecule has 5 aromatic rings. The van der Waals surface area contributed by atoms with Gasteiger partial charge in [0.2, 0.25) is 0 Å². The summed E-state index contributed by atoms with van der Waals surface area (Å²) >= 11 is 6.28. The highest BCUT2D eigenvalue weighted by molar-refractivity contribution is 6.31. The van der Waals surface area contributed by atoms with Gasteiger partial charge in [0, 0.05) is 48.0 Å². The minimum atomic E-state index is 0.532. The average molecular weight is 456 g/mol. The van der Waals surface area contributed by atoms with Crippen molar-refractivity contribution in [3.05, 3.63) is 72.1 Å². The van der Waals surface area contributed by atoms with Crippen molar-refractivity contribution >= 4 is 45.6 Å². The molecule has 0 N–H and O–H groups in total. The zero-order valence-corrected chi connectivity index (χ0v) is 18.9. The third-order valence-electron chi connectivity index (χ3n) is 6.26. The van der Waals surface area contributed by atoms with Crippen LogP contribution in [0.15, 0.2) is 67.1 Å². The van der Waals surface area contributed by atoms with Gasteiger partial charge in [-0.2, -0.15) is 4.98 Å². The van der Waals surface area contributed by atoms with Crippen LogP contribution in [-0.4, -0.2) is 44.7 Å². The maximum Gasteiger partial charge on any atom is 0.257 e. The molecule has 0 radical (unpaired) electrons. The molecule has 4 heterocycles. The molecule has 0 bridgehead atoms. The SMILES string of the molecule is CN(c1cccc(-c2ccc(N3CCCC3)nc2)c1)c1nc2nncn2c2cc(Cl)ccc12. The van der Waals surface area contributed by atoms with Gasteiger partial charge in [0.05, 0.1) is 5.52 Å². The van der Waals surface area contributed by atoms with Crippen LogP contribution in [0, 0.1) is 0 Å². The summed E-state index contributed by atoms with van der Waals surface area (Å²) in [6.07, 6.45) is 6.11. The Bertz CT molecular complexity index is 1460. The highest BCUT2D eigenvalue weighted by Gasteiger charge is 2.16. The minimum Gasteiger partial charge on any atom is -0.357 e. The van der Waals surface area contributed by atoms with Gasteiger partial charge in [0.15, 0.2) is 0 Å². The summed E-state index contributed by atoms with van der Waals surface area (Å²) in [6, 6.07) is 18.4. The Labute approximate surface area is 196 Å². The summed E-state index contributed by atoms with van der Waals surface area (Å²) in [4.78, 5) is 13.9. The quantitative estimate of drug-likeness (QED) is 0.363. The van der Waals surface area contributed by atoms with E-state index < -0.39 is 0 Å². The molecule has 8 heteroatoms. The van der Waals surface area contributed by atoms with E-state index in [0.717, 1.165) is 52.4 Å². The Balaban J connectivity index is 1.38.